The van der Waals surface area contributed by atoms with Crippen LogP contribution in [0.4, 0.5) is 0 Å². The highest BCUT2D eigenvalue weighted by atomic mass is 35.5. The fourth-order valence-corrected chi connectivity index (χ4v) is 3.74. The Bertz CT molecular complexity index is 1490. The van der Waals surface area contributed by atoms with Crippen molar-refractivity contribution in [2.75, 3.05) is 5.34 Å². The maximum atomic E-state index is 11.9. The zero-order valence-corrected chi connectivity index (χ0v) is 35.1. The predicted octanol–water partition coefficient (Wildman–Crippen LogP) is 10.4. The smallest absolute Gasteiger partial charge is 0.235 e. The molecule has 2 aromatic heterocycles. The second kappa shape index (κ2) is 43.5. The number of benzene rings is 2. The number of carbonyl (C=O) groups is 1. The Morgan fingerprint density at radius 2 is 1.02 bits per heavy atom. The average Bonchev–Trinajstić information content (AvgIpc) is 3.23. The second-order valence-electron chi connectivity index (χ2n) is 9.59. The van der Waals surface area contributed by atoms with Gasteiger partial charge in [-0.05, 0) is 47.2 Å². The lowest BCUT2D eigenvalue weighted by Crippen LogP contribution is -2.03. The summed E-state index contributed by atoms with van der Waals surface area (Å²) in [5.41, 5.74) is 10.6. The van der Waals surface area contributed by atoms with Gasteiger partial charge in [0.1, 0.15) is 5.78 Å². The summed E-state index contributed by atoms with van der Waals surface area (Å²) < 4.78 is 0. The van der Waals surface area contributed by atoms with Crippen LogP contribution in [-0.4, -0.2) is 37.0 Å². The molecule has 0 spiro atoms. The van der Waals surface area contributed by atoms with Crippen LogP contribution in [0, 0.1) is 20.2 Å². The SMILES string of the molecule is CC.CC.CC.CC.ClCCl.NCc1cccnc1.O=C(CCc1ccc(C[N+](=O)[O-])cc1)CCc1cccnc1.O=C=NCc1ccc(C[N+](=O)[O-])cc1. The minimum atomic E-state index is -0.390. The van der Waals surface area contributed by atoms with Crippen molar-refractivity contribution in [2.24, 2.45) is 10.7 Å². The molecular weight excluding hydrogens is 743 g/mol. The number of nitrogens with zero attached hydrogens (tertiary/aromatic N) is 5. The Labute approximate surface area is 337 Å². The predicted molar refractivity (Wildman–Crippen MR) is 226 cm³/mol. The number of Topliss-reactive ketones (excluding diaryl/α,β-unsaturated/α-hetero) is 1. The fraction of sp³-hybridized carbons (Fsp3) is 0.415. The van der Waals surface area contributed by atoms with Gasteiger partial charge < -0.3 is 5.73 Å². The Morgan fingerprint density at radius 3 is 1.35 bits per heavy atom. The summed E-state index contributed by atoms with van der Waals surface area (Å²) in [4.78, 5) is 52.8. The number of pyridine rings is 2. The van der Waals surface area contributed by atoms with Crippen LogP contribution in [0.25, 0.3) is 0 Å². The topological polar surface area (TPSA) is 185 Å². The number of ketones is 1. The second-order valence-corrected chi connectivity index (χ2v) is 10.4. The van der Waals surface area contributed by atoms with E-state index in [1.807, 2.05) is 91.8 Å². The van der Waals surface area contributed by atoms with E-state index < -0.39 is 4.92 Å². The van der Waals surface area contributed by atoms with Gasteiger partial charge in [-0.15, -0.1) is 23.2 Å². The lowest BCUT2D eigenvalue weighted by molar-refractivity contribution is -0.496. The number of hydrogen-bond acceptors (Lipinski definition) is 10. The highest BCUT2D eigenvalue weighted by molar-refractivity contribution is 6.40. The van der Waals surface area contributed by atoms with E-state index in [1.165, 1.54) is 6.08 Å². The number of aliphatic imine (C=N–C) groups is 1. The molecule has 0 saturated carbocycles. The summed E-state index contributed by atoms with van der Waals surface area (Å²) in [5.74, 6) is 0.221. The zero-order valence-electron chi connectivity index (χ0n) is 33.6. The van der Waals surface area contributed by atoms with E-state index in [1.54, 1.807) is 61.2 Å². The van der Waals surface area contributed by atoms with Crippen LogP contribution in [0.1, 0.15) is 102 Å². The maximum absolute atomic E-state index is 11.9. The van der Waals surface area contributed by atoms with Crippen molar-refractivity contribution in [1.82, 2.24) is 9.97 Å². The number of hydrogen-bond donors (Lipinski definition) is 1. The van der Waals surface area contributed by atoms with E-state index in [-0.39, 0.29) is 35.7 Å². The first-order valence-corrected chi connectivity index (χ1v) is 19.3. The number of nitro groups is 2. The van der Waals surface area contributed by atoms with Gasteiger partial charge in [0.15, 0.2) is 0 Å². The Balaban J connectivity index is -0.000000337. The fourth-order valence-electron chi connectivity index (χ4n) is 3.74. The van der Waals surface area contributed by atoms with Gasteiger partial charge in [-0.2, -0.15) is 0 Å². The molecule has 0 saturated heterocycles. The summed E-state index contributed by atoms with van der Waals surface area (Å²) in [6.45, 7) is 16.5. The molecule has 4 rings (SSSR count). The molecule has 0 bridgehead atoms. The third kappa shape index (κ3) is 35.9. The average molecular weight is 804 g/mol. The molecule has 304 valence electrons. The molecule has 0 amide bonds. The summed E-state index contributed by atoms with van der Waals surface area (Å²) in [7, 11) is 0. The quantitative estimate of drug-likeness (QED) is 0.0451. The molecule has 0 aliphatic carbocycles. The van der Waals surface area contributed by atoms with Gasteiger partial charge in [0, 0.05) is 65.1 Å². The van der Waals surface area contributed by atoms with Crippen LogP contribution >= 0.6 is 23.2 Å². The van der Waals surface area contributed by atoms with Crippen molar-refractivity contribution in [2.45, 2.75) is 107 Å². The van der Waals surface area contributed by atoms with Crippen LogP contribution in [0.3, 0.4) is 0 Å². The van der Waals surface area contributed by atoms with Gasteiger partial charge in [-0.1, -0.05) is 116 Å². The number of nitrogens with two attached hydrogens (primary N) is 1. The molecule has 4 aromatic rings. The van der Waals surface area contributed by atoms with Crippen LogP contribution in [0.5, 0.6) is 0 Å². The monoisotopic (exact) mass is 802 g/mol. The van der Waals surface area contributed by atoms with Gasteiger partial charge in [0.25, 0.3) is 0 Å². The highest BCUT2D eigenvalue weighted by Crippen LogP contribution is 2.10. The first-order valence-electron chi connectivity index (χ1n) is 18.2. The van der Waals surface area contributed by atoms with Crippen molar-refractivity contribution in [3.63, 3.8) is 0 Å². The number of isocyanates is 1. The number of rotatable bonds is 13. The summed E-state index contributed by atoms with van der Waals surface area (Å²) >= 11 is 9.53. The van der Waals surface area contributed by atoms with Gasteiger partial charge in [0.2, 0.25) is 19.2 Å². The number of aromatic nitrogens is 2. The summed E-state index contributed by atoms with van der Waals surface area (Å²) in [6.07, 6.45) is 10.8. The van der Waals surface area contributed by atoms with Crippen molar-refractivity contribution in [3.8, 4) is 0 Å². The lowest BCUT2D eigenvalue weighted by atomic mass is 10.0. The summed E-state index contributed by atoms with van der Waals surface area (Å²) in [6, 6.07) is 21.6. The maximum Gasteiger partial charge on any atom is 0.235 e. The molecule has 0 atom stereocenters. The lowest BCUT2D eigenvalue weighted by Gasteiger charge is -2.03. The van der Waals surface area contributed by atoms with Crippen molar-refractivity contribution < 1.29 is 19.4 Å². The molecule has 2 aromatic carbocycles. The minimum Gasteiger partial charge on any atom is -0.326 e. The third-order valence-corrected chi connectivity index (χ3v) is 6.06. The van der Waals surface area contributed by atoms with Crippen molar-refractivity contribution in [3.05, 3.63) is 151 Å². The van der Waals surface area contributed by atoms with E-state index >= 15 is 0 Å². The Kier molecular flexibility index (Phi) is 45.0. The Morgan fingerprint density at radius 1 is 0.655 bits per heavy atom. The number of alkyl halides is 2. The van der Waals surface area contributed by atoms with Gasteiger partial charge in [-0.25, -0.2) is 9.79 Å². The molecule has 0 radical (unpaired) electrons. The molecule has 55 heavy (non-hydrogen) atoms. The van der Waals surface area contributed by atoms with Gasteiger partial charge >= 0.3 is 0 Å². The van der Waals surface area contributed by atoms with Crippen LogP contribution < -0.4 is 5.73 Å². The first-order chi connectivity index (χ1) is 26.7. The minimum absolute atomic E-state index is 0.162. The molecule has 0 unspecified atom stereocenters. The molecule has 12 nitrogen and oxygen atoms in total. The van der Waals surface area contributed by atoms with Crippen LogP contribution in [-0.2, 0) is 48.6 Å². The molecule has 0 aliphatic rings. The molecule has 0 aliphatic heterocycles. The molecule has 2 heterocycles. The van der Waals surface area contributed by atoms with E-state index in [4.69, 9.17) is 28.9 Å². The van der Waals surface area contributed by atoms with E-state index in [2.05, 4.69) is 15.0 Å². The Hall–Kier alpha value is -4.87. The zero-order chi connectivity index (χ0) is 42.7. The number of halogens is 2. The van der Waals surface area contributed by atoms with E-state index in [0.717, 1.165) is 22.3 Å². The van der Waals surface area contributed by atoms with E-state index in [9.17, 15) is 29.8 Å². The summed E-state index contributed by atoms with van der Waals surface area (Å²) in [5, 5.41) is 20.8. The van der Waals surface area contributed by atoms with E-state index in [0.29, 0.717) is 43.4 Å². The first kappa shape index (κ1) is 56.9. The number of carbonyl (C=O) groups excluding carboxylic acids is 2. The standard InChI is InChI=1S/C17H18N2O3.C9H8N2O3.C6H8N2.4C2H6.CH2Cl2/c20-17(10-8-15-2-1-11-18-12-15)9-7-14-3-5-16(6-4-14)13-19(21)22;12-7-10-5-8-1-3-9(4-2-8)6-11(13)14;7-4-6-2-1-3-8-5-6;4*1-2;2-1-3/h1-6,11-12H,7-10,13H2;1-4H,5-6H2;1-3,5H,4,7H2;4*1-2H3;1H2. The molecular formula is C41H60Cl2N6O6. The van der Waals surface area contributed by atoms with Gasteiger partial charge in [-0.3, -0.25) is 35.0 Å². The van der Waals surface area contributed by atoms with Crippen LogP contribution in [0.2, 0.25) is 0 Å². The number of aryl methyl sites for hydroxylation is 2. The highest BCUT2D eigenvalue weighted by Gasteiger charge is 2.06. The molecule has 2 N–H and O–H groups in total. The van der Waals surface area contributed by atoms with Crippen molar-refractivity contribution >= 4 is 35.1 Å². The van der Waals surface area contributed by atoms with Gasteiger partial charge in [0.05, 0.1) is 11.9 Å². The van der Waals surface area contributed by atoms with Crippen molar-refractivity contribution in [1.29, 1.82) is 0 Å². The molecule has 0 fully saturated rings. The molecule has 14 heteroatoms. The normalized spacial score (nSPS) is 8.56. The van der Waals surface area contributed by atoms with Crippen LogP contribution in [0.15, 0.2) is 103 Å². The largest absolute Gasteiger partial charge is 0.326 e. The third-order valence-electron chi connectivity index (χ3n) is 6.06.